The Morgan fingerprint density at radius 2 is 1.93 bits per heavy atom. The van der Waals surface area contributed by atoms with E-state index in [1.54, 1.807) is 18.2 Å². The van der Waals surface area contributed by atoms with Crippen LogP contribution in [0.15, 0.2) is 52.5 Å². The number of fused-ring (bicyclic) bond motifs is 3. The van der Waals surface area contributed by atoms with Crippen LogP contribution in [0.3, 0.4) is 0 Å². The maximum Gasteiger partial charge on any atom is 0.309 e. The van der Waals surface area contributed by atoms with Gasteiger partial charge in [0.25, 0.3) is 5.56 Å². The third kappa shape index (κ3) is 6.22. The predicted octanol–water partition coefficient (Wildman–Crippen LogP) is 5.90. The van der Waals surface area contributed by atoms with Crippen molar-refractivity contribution in [2.24, 2.45) is 34.1 Å². The quantitative estimate of drug-likeness (QED) is 0.188. The Labute approximate surface area is 270 Å². The first-order chi connectivity index (χ1) is 22.1. The van der Waals surface area contributed by atoms with E-state index in [0.29, 0.717) is 78.0 Å². The summed E-state index contributed by atoms with van der Waals surface area (Å²) >= 11 is 0. The average Bonchev–Trinajstić information content (AvgIpc) is 3.05. The molecule has 0 spiro atoms. The van der Waals surface area contributed by atoms with Crippen molar-refractivity contribution in [1.82, 2.24) is 14.5 Å². The number of benzene rings is 2. The number of guanidine groups is 1. The molecule has 0 radical (unpaired) electrons. The van der Waals surface area contributed by atoms with Gasteiger partial charge in [-0.2, -0.15) is 0 Å². The van der Waals surface area contributed by atoms with Gasteiger partial charge in [0.15, 0.2) is 5.96 Å². The van der Waals surface area contributed by atoms with Gasteiger partial charge in [0.2, 0.25) is 0 Å². The molecule has 4 fully saturated rings. The molecule has 1 unspecified atom stereocenters. The van der Waals surface area contributed by atoms with Gasteiger partial charge in [-0.25, -0.2) is 14.4 Å². The van der Waals surface area contributed by atoms with Crippen LogP contribution in [0.5, 0.6) is 5.75 Å². The number of esters is 1. The molecule has 7 rings (SSSR count). The van der Waals surface area contributed by atoms with Crippen LogP contribution in [0.1, 0.15) is 58.9 Å². The minimum absolute atomic E-state index is 0.0900. The zero-order valence-corrected chi connectivity index (χ0v) is 27.6. The SMILES string of the molecule is CCOC(=O)C1CCN(C(=NC2C[C@@H]3C[C@H]([C@@H]2C)C3(C)C)Nc2ccc3c(=O)n(CCc4ccc(OC)cc4F)cnc3c2)CC1. The standard InChI is InChI=1S/C36H46FN5O4/c1-6-46-34(44)24-12-14-41(15-13-24)35(40-31-18-25-17-29(22(31)2)36(25,3)4)39-26-8-10-28-32(19-26)38-21-42(33(28)43)16-11-23-7-9-27(45-5)20-30(23)37/h7-10,19-22,24-25,29,31H,6,11-18H2,1-5H3,(H,39,40)/t22-,25-,29+,31?/m0/s1. The molecular formula is C36H46FN5O4. The van der Waals surface area contributed by atoms with Crippen LogP contribution in [0.4, 0.5) is 10.1 Å². The predicted molar refractivity (Wildman–Crippen MR) is 178 cm³/mol. The summed E-state index contributed by atoms with van der Waals surface area (Å²) in [6.07, 6.45) is 5.69. The fourth-order valence-electron chi connectivity index (χ4n) is 7.85. The van der Waals surface area contributed by atoms with Gasteiger partial charge in [-0.05, 0) is 92.0 Å². The van der Waals surface area contributed by atoms with Crippen molar-refractivity contribution in [2.75, 3.05) is 32.1 Å². The van der Waals surface area contributed by atoms with Crippen molar-refractivity contribution >= 4 is 28.5 Å². The summed E-state index contributed by atoms with van der Waals surface area (Å²) in [4.78, 5) is 38.0. The highest BCUT2D eigenvalue weighted by Crippen LogP contribution is 2.61. The summed E-state index contributed by atoms with van der Waals surface area (Å²) in [5, 5.41) is 4.08. The van der Waals surface area contributed by atoms with E-state index in [0.717, 1.165) is 30.9 Å². The van der Waals surface area contributed by atoms with Crippen LogP contribution < -0.4 is 15.6 Å². The molecule has 1 aromatic heterocycles. The highest BCUT2D eigenvalue weighted by Gasteiger charge is 2.56. The molecule has 2 aromatic carbocycles. The molecule has 246 valence electrons. The van der Waals surface area contributed by atoms with Crippen molar-refractivity contribution in [3.63, 3.8) is 0 Å². The maximum atomic E-state index is 14.5. The fraction of sp³-hybridized carbons (Fsp3) is 0.556. The van der Waals surface area contributed by atoms with Crippen molar-refractivity contribution in [2.45, 2.75) is 72.4 Å². The van der Waals surface area contributed by atoms with Gasteiger partial charge < -0.3 is 19.7 Å². The van der Waals surface area contributed by atoms with E-state index in [1.165, 1.54) is 30.5 Å². The number of hydrogen-bond acceptors (Lipinski definition) is 6. The molecule has 10 heteroatoms. The molecule has 4 atom stereocenters. The monoisotopic (exact) mass is 631 g/mol. The Morgan fingerprint density at radius 1 is 1.15 bits per heavy atom. The topological polar surface area (TPSA) is 98.1 Å². The lowest BCUT2D eigenvalue weighted by Gasteiger charge is -2.61. The zero-order chi connectivity index (χ0) is 32.6. The summed E-state index contributed by atoms with van der Waals surface area (Å²) in [7, 11) is 1.50. The molecule has 2 bridgehead atoms. The number of nitrogens with one attached hydrogen (secondary N) is 1. The van der Waals surface area contributed by atoms with E-state index in [9.17, 15) is 14.0 Å². The first-order valence-corrected chi connectivity index (χ1v) is 16.7. The lowest BCUT2D eigenvalue weighted by molar-refractivity contribution is -0.149. The highest BCUT2D eigenvalue weighted by atomic mass is 19.1. The number of methoxy groups -OCH3 is 1. The molecule has 3 saturated carbocycles. The van der Waals surface area contributed by atoms with Gasteiger partial charge in [-0.15, -0.1) is 0 Å². The number of ether oxygens (including phenoxy) is 2. The second kappa shape index (κ2) is 13.0. The molecular weight excluding hydrogens is 585 g/mol. The average molecular weight is 632 g/mol. The van der Waals surface area contributed by atoms with E-state index < -0.39 is 0 Å². The molecule has 9 nitrogen and oxygen atoms in total. The summed E-state index contributed by atoms with van der Waals surface area (Å²) in [5.74, 6) is 2.55. The lowest BCUT2D eigenvalue weighted by atomic mass is 9.45. The number of piperidine rings is 1. The Kier molecular flexibility index (Phi) is 9.08. The number of likely N-dealkylation sites (tertiary alicyclic amines) is 1. The zero-order valence-electron chi connectivity index (χ0n) is 27.6. The molecule has 1 N–H and O–H groups in total. The van der Waals surface area contributed by atoms with Gasteiger partial charge in [0.05, 0.1) is 42.9 Å². The molecule has 2 heterocycles. The number of carbonyl (C=O) groups is 1. The van der Waals surface area contributed by atoms with E-state index >= 15 is 0 Å². The van der Waals surface area contributed by atoms with Gasteiger partial charge in [-0.1, -0.05) is 26.8 Å². The minimum Gasteiger partial charge on any atom is -0.497 e. The molecule has 3 aromatic rings. The van der Waals surface area contributed by atoms with Gasteiger partial charge in [-0.3, -0.25) is 14.2 Å². The number of anilines is 1. The normalized spacial score (nSPS) is 24.4. The van der Waals surface area contributed by atoms with E-state index in [1.807, 2.05) is 19.1 Å². The summed E-state index contributed by atoms with van der Waals surface area (Å²) in [6, 6.07) is 10.5. The number of carbonyl (C=O) groups excluding carboxylic acids is 1. The van der Waals surface area contributed by atoms with Crippen molar-refractivity contribution in [3.8, 4) is 5.75 Å². The second-order valence-electron chi connectivity index (χ2n) is 13.8. The maximum absolute atomic E-state index is 14.5. The number of aryl methyl sites for hydroxylation is 2. The number of aliphatic imine (C=N–C) groups is 1. The third-order valence-corrected chi connectivity index (χ3v) is 11.0. The summed E-state index contributed by atoms with van der Waals surface area (Å²) in [6.45, 7) is 11.1. The number of rotatable bonds is 8. The largest absolute Gasteiger partial charge is 0.497 e. The van der Waals surface area contributed by atoms with Crippen molar-refractivity contribution in [3.05, 3.63) is 64.5 Å². The second-order valence-corrected chi connectivity index (χ2v) is 13.8. The first-order valence-electron chi connectivity index (χ1n) is 16.7. The number of aromatic nitrogens is 2. The molecule has 46 heavy (non-hydrogen) atoms. The molecule has 3 aliphatic carbocycles. The Hall–Kier alpha value is -3.95. The Balaban J connectivity index is 1.21. The molecule has 4 aliphatic rings. The van der Waals surface area contributed by atoms with Gasteiger partial charge in [0.1, 0.15) is 11.6 Å². The highest BCUT2D eigenvalue weighted by molar-refractivity contribution is 5.96. The van der Waals surface area contributed by atoms with Crippen LogP contribution >= 0.6 is 0 Å². The van der Waals surface area contributed by atoms with Crippen LogP contribution in [0.2, 0.25) is 0 Å². The van der Waals surface area contributed by atoms with Crippen molar-refractivity contribution in [1.29, 1.82) is 0 Å². The lowest BCUT2D eigenvalue weighted by Crippen LogP contribution is -2.56. The number of halogens is 1. The van der Waals surface area contributed by atoms with Crippen molar-refractivity contribution < 1.29 is 18.7 Å². The van der Waals surface area contributed by atoms with Crippen LogP contribution in [0, 0.1) is 34.9 Å². The van der Waals surface area contributed by atoms with Gasteiger partial charge >= 0.3 is 5.97 Å². The van der Waals surface area contributed by atoms with Crippen LogP contribution in [0.25, 0.3) is 10.9 Å². The smallest absolute Gasteiger partial charge is 0.309 e. The van der Waals surface area contributed by atoms with Crippen LogP contribution in [-0.4, -0.2) is 59.2 Å². The molecule has 1 saturated heterocycles. The van der Waals surface area contributed by atoms with E-state index in [2.05, 4.69) is 36.0 Å². The minimum atomic E-state index is -0.359. The van der Waals surface area contributed by atoms with E-state index in [-0.39, 0.29) is 29.3 Å². The van der Waals surface area contributed by atoms with Gasteiger partial charge in [0, 0.05) is 31.4 Å². The third-order valence-electron chi connectivity index (χ3n) is 11.0. The van der Waals surface area contributed by atoms with Crippen LogP contribution in [-0.2, 0) is 22.5 Å². The summed E-state index contributed by atoms with van der Waals surface area (Å²) < 4.78 is 26.4. The summed E-state index contributed by atoms with van der Waals surface area (Å²) in [5.41, 5.74) is 2.10. The van der Waals surface area contributed by atoms with E-state index in [4.69, 9.17) is 14.5 Å². The molecule has 1 aliphatic heterocycles. The first kappa shape index (κ1) is 32.0. The fourth-order valence-corrected chi connectivity index (χ4v) is 7.85. The Bertz CT molecular complexity index is 1680. The number of hydrogen-bond donors (Lipinski definition) is 1. The molecule has 0 amide bonds. The Morgan fingerprint density at radius 3 is 2.61 bits per heavy atom. The number of nitrogens with zero attached hydrogens (tertiary/aromatic N) is 4.